The first-order chi connectivity index (χ1) is 8.81. The summed E-state index contributed by atoms with van der Waals surface area (Å²) in [7, 11) is 0. The lowest BCUT2D eigenvalue weighted by molar-refractivity contribution is 0.125. The highest BCUT2D eigenvalue weighted by Gasteiger charge is 2.18. The molecule has 0 aliphatic rings. The Morgan fingerprint density at radius 1 is 1.53 bits per heavy atom. The molecule has 0 bridgehead atoms. The first-order valence-electron chi connectivity index (χ1n) is 6.19. The third kappa shape index (κ3) is 4.69. The Bertz CT molecular complexity index is 450. The number of amides is 2. The van der Waals surface area contributed by atoms with Gasteiger partial charge in [-0.05, 0) is 39.3 Å². The van der Waals surface area contributed by atoms with E-state index in [4.69, 9.17) is 11.6 Å². The van der Waals surface area contributed by atoms with E-state index in [1.54, 1.807) is 17.9 Å². The summed E-state index contributed by atoms with van der Waals surface area (Å²) in [5, 5.41) is 12.6. The summed E-state index contributed by atoms with van der Waals surface area (Å²) in [4.78, 5) is 17.7. The molecule has 2 amide bonds. The molecular weight excluding hydrogens is 266 g/mol. The fourth-order valence-corrected chi connectivity index (χ4v) is 1.74. The zero-order valence-electron chi connectivity index (χ0n) is 11.6. The van der Waals surface area contributed by atoms with Crippen molar-refractivity contribution in [3.8, 4) is 0 Å². The lowest BCUT2D eigenvalue weighted by Gasteiger charge is -2.28. The number of urea groups is 1. The molecular formula is C13H20ClN3O2. The zero-order chi connectivity index (χ0) is 14.6. The first kappa shape index (κ1) is 15.7. The van der Waals surface area contributed by atoms with Gasteiger partial charge in [0.2, 0.25) is 0 Å². The van der Waals surface area contributed by atoms with Gasteiger partial charge in [-0.15, -0.1) is 0 Å². The average Bonchev–Trinajstić information content (AvgIpc) is 2.30. The molecule has 1 atom stereocenters. The average molecular weight is 286 g/mol. The Hall–Kier alpha value is -1.33. The Kier molecular flexibility index (Phi) is 5.57. The van der Waals surface area contributed by atoms with Crippen molar-refractivity contribution >= 4 is 23.3 Å². The number of pyridine rings is 1. The summed E-state index contributed by atoms with van der Waals surface area (Å²) in [5.41, 5.74) is 1.38. The van der Waals surface area contributed by atoms with Crippen LogP contribution in [0.4, 0.5) is 10.5 Å². The zero-order valence-corrected chi connectivity index (χ0v) is 12.4. The largest absolute Gasteiger partial charge is 0.392 e. The molecule has 0 saturated heterocycles. The van der Waals surface area contributed by atoms with Crippen LogP contribution in [0.2, 0.25) is 5.15 Å². The first-order valence-corrected chi connectivity index (χ1v) is 6.57. The third-order valence-electron chi connectivity index (χ3n) is 2.61. The molecule has 19 heavy (non-hydrogen) atoms. The van der Waals surface area contributed by atoms with Crippen molar-refractivity contribution < 1.29 is 9.90 Å². The van der Waals surface area contributed by atoms with Crippen molar-refractivity contribution in [2.75, 3.05) is 11.9 Å². The number of nitrogens with one attached hydrogen (secondary N) is 1. The van der Waals surface area contributed by atoms with Gasteiger partial charge in [0.25, 0.3) is 0 Å². The number of rotatable bonds is 4. The van der Waals surface area contributed by atoms with Crippen molar-refractivity contribution in [3.63, 3.8) is 0 Å². The lowest BCUT2D eigenvalue weighted by atomic mass is 10.2. The van der Waals surface area contributed by atoms with Crippen LogP contribution >= 0.6 is 11.6 Å². The number of anilines is 1. The molecule has 1 aromatic heterocycles. The van der Waals surface area contributed by atoms with Crippen LogP contribution in [0.3, 0.4) is 0 Å². The van der Waals surface area contributed by atoms with Gasteiger partial charge in [-0.25, -0.2) is 9.78 Å². The minimum Gasteiger partial charge on any atom is -0.392 e. The molecule has 2 N–H and O–H groups in total. The smallest absolute Gasteiger partial charge is 0.322 e. The van der Waals surface area contributed by atoms with Gasteiger partial charge < -0.3 is 15.3 Å². The Morgan fingerprint density at radius 3 is 2.63 bits per heavy atom. The van der Waals surface area contributed by atoms with Gasteiger partial charge in [-0.3, -0.25) is 0 Å². The highest BCUT2D eigenvalue weighted by Crippen LogP contribution is 2.16. The topological polar surface area (TPSA) is 65.5 Å². The fourth-order valence-electron chi connectivity index (χ4n) is 1.63. The van der Waals surface area contributed by atoms with E-state index in [0.29, 0.717) is 10.8 Å². The van der Waals surface area contributed by atoms with E-state index < -0.39 is 6.10 Å². The highest BCUT2D eigenvalue weighted by atomic mass is 35.5. The van der Waals surface area contributed by atoms with Crippen LogP contribution in [0.25, 0.3) is 0 Å². The predicted octanol–water partition coefficient (Wildman–Crippen LogP) is 2.67. The molecule has 0 aromatic carbocycles. The Balaban J connectivity index is 2.78. The van der Waals surface area contributed by atoms with Gasteiger partial charge in [0.15, 0.2) is 0 Å². The molecule has 0 spiro atoms. The minimum absolute atomic E-state index is 0.00374. The molecule has 0 saturated carbocycles. The number of hydrogen-bond donors (Lipinski definition) is 2. The van der Waals surface area contributed by atoms with Gasteiger partial charge in [0, 0.05) is 12.6 Å². The van der Waals surface area contributed by atoms with Gasteiger partial charge >= 0.3 is 6.03 Å². The lowest BCUT2D eigenvalue weighted by Crippen LogP contribution is -2.43. The summed E-state index contributed by atoms with van der Waals surface area (Å²) in [6, 6.07) is 1.49. The van der Waals surface area contributed by atoms with Gasteiger partial charge in [-0.2, -0.15) is 0 Å². The van der Waals surface area contributed by atoms with Crippen LogP contribution in [-0.4, -0.2) is 39.7 Å². The molecule has 0 radical (unpaired) electrons. The molecule has 0 aliphatic carbocycles. The molecule has 1 rings (SSSR count). The quantitative estimate of drug-likeness (QED) is 0.836. The standard InChI is InChI=1S/C13H20ClN3O2/c1-8(2)17(7-10(4)18)13(19)16-11-5-9(3)12(14)15-6-11/h5-6,8,10,18H,7H2,1-4H3,(H,16,19). The van der Waals surface area contributed by atoms with E-state index in [1.165, 1.54) is 6.20 Å². The second kappa shape index (κ2) is 6.73. The molecule has 106 valence electrons. The van der Waals surface area contributed by atoms with Crippen LogP contribution < -0.4 is 5.32 Å². The van der Waals surface area contributed by atoms with E-state index in [1.807, 2.05) is 20.8 Å². The van der Waals surface area contributed by atoms with Gasteiger partial charge in [0.1, 0.15) is 5.15 Å². The van der Waals surface area contributed by atoms with Crippen molar-refractivity contribution in [1.82, 2.24) is 9.88 Å². The molecule has 6 heteroatoms. The number of hydrogen-bond acceptors (Lipinski definition) is 3. The van der Waals surface area contributed by atoms with Crippen LogP contribution in [0.15, 0.2) is 12.3 Å². The van der Waals surface area contributed by atoms with Crippen molar-refractivity contribution in [3.05, 3.63) is 23.0 Å². The summed E-state index contributed by atoms with van der Waals surface area (Å²) >= 11 is 5.83. The SMILES string of the molecule is Cc1cc(NC(=O)N(CC(C)O)C(C)C)cnc1Cl. The van der Waals surface area contributed by atoms with E-state index in [2.05, 4.69) is 10.3 Å². The molecule has 5 nitrogen and oxygen atoms in total. The number of halogens is 1. The summed E-state index contributed by atoms with van der Waals surface area (Å²) in [6.45, 7) is 7.54. The third-order valence-corrected chi connectivity index (χ3v) is 3.01. The Labute approximate surface area is 118 Å². The van der Waals surface area contributed by atoms with Crippen molar-refractivity contribution in [1.29, 1.82) is 0 Å². The number of aromatic nitrogens is 1. The monoisotopic (exact) mass is 285 g/mol. The van der Waals surface area contributed by atoms with Gasteiger partial charge in [0.05, 0.1) is 18.0 Å². The second-order valence-corrected chi connectivity index (χ2v) is 5.21. The number of nitrogens with zero attached hydrogens (tertiary/aromatic N) is 2. The molecule has 1 heterocycles. The summed E-state index contributed by atoms with van der Waals surface area (Å²) in [5.74, 6) is 0. The molecule has 1 aromatic rings. The summed E-state index contributed by atoms with van der Waals surface area (Å²) in [6.07, 6.45) is 0.937. The van der Waals surface area contributed by atoms with Crippen molar-refractivity contribution in [2.45, 2.75) is 39.8 Å². The van der Waals surface area contributed by atoms with Crippen LogP contribution in [0.5, 0.6) is 0 Å². The van der Waals surface area contributed by atoms with Crippen molar-refractivity contribution in [2.24, 2.45) is 0 Å². The van der Waals surface area contributed by atoms with Crippen LogP contribution in [0.1, 0.15) is 26.3 Å². The number of aliphatic hydroxyl groups is 1. The molecule has 1 unspecified atom stereocenters. The molecule has 0 fully saturated rings. The maximum atomic E-state index is 12.1. The normalized spacial score (nSPS) is 12.4. The number of aliphatic hydroxyl groups excluding tert-OH is 1. The maximum Gasteiger partial charge on any atom is 0.322 e. The molecule has 0 aliphatic heterocycles. The maximum absolute atomic E-state index is 12.1. The number of carbonyl (C=O) groups is 1. The van der Waals surface area contributed by atoms with E-state index in [0.717, 1.165) is 5.56 Å². The van der Waals surface area contributed by atoms with E-state index >= 15 is 0 Å². The second-order valence-electron chi connectivity index (χ2n) is 4.86. The number of aryl methyl sites for hydroxylation is 1. The van der Waals surface area contributed by atoms with E-state index in [9.17, 15) is 9.90 Å². The van der Waals surface area contributed by atoms with Crippen LogP contribution in [-0.2, 0) is 0 Å². The van der Waals surface area contributed by atoms with Gasteiger partial charge in [-0.1, -0.05) is 11.6 Å². The van der Waals surface area contributed by atoms with E-state index in [-0.39, 0.29) is 18.6 Å². The predicted molar refractivity (Wildman–Crippen MR) is 76.5 cm³/mol. The minimum atomic E-state index is -0.571. The number of carbonyl (C=O) groups excluding carboxylic acids is 1. The van der Waals surface area contributed by atoms with Crippen LogP contribution in [0, 0.1) is 6.92 Å². The highest BCUT2D eigenvalue weighted by molar-refractivity contribution is 6.30. The Morgan fingerprint density at radius 2 is 2.16 bits per heavy atom. The fraction of sp³-hybridized carbons (Fsp3) is 0.538. The summed E-state index contributed by atoms with van der Waals surface area (Å²) < 4.78 is 0.